The number of benzene rings is 1. The van der Waals surface area contributed by atoms with Crippen molar-refractivity contribution in [3.05, 3.63) is 41.6 Å². The minimum absolute atomic E-state index is 0.0777. The molecular weight excluding hydrogens is 249 g/mol. The van der Waals surface area contributed by atoms with E-state index in [2.05, 4.69) is 0 Å². The highest BCUT2D eigenvalue weighted by Gasteiger charge is 2.30. The van der Waals surface area contributed by atoms with Crippen molar-refractivity contribution >= 4 is 11.7 Å². The Labute approximate surface area is 100.0 Å². The Kier molecular flexibility index (Phi) is 3.94. The number of amides is 1. The maximum absolute atomic E-state index is 12.3. The lowest BCUT2D eigenvalue weighted by molar-refractivity contribution is -0.137. The van der Waals surface area contributed by atoms with Crippen LogP contribution < -0.4 is 5.32 Å². The fourth-order valence-corrected chi connectivity index (χ4v) is 1.15. The molecule has 0 atom stereocenters. The largest absolute Gasteiger partial charge is 0.465 e. The summed E-state index contributed by atoms with van der Waals surface area (Å²) in [6.45, 7) is 0. The fourth-order valence-electron chi connectivity index (χ4n) is 1.15. The number of hydrogen-bond acceptors (Lipinski definition) is 2. The second-order valence-corrected chi connectivity index (χ2v) is 3.19. The van der Waals surface area contributed by atoms with Crippen LogP contribution in [0.25, 0.3) is 5.57 Å². The summed E-state index contributed by atoms with van der Waals surface area (Å²) in [5.41, 5.74) is -0.722. The van der Waals surface area contributed by atoms with Gasteiger partial charge in [-0.3, -0.25) is 5.32 Å². The monoisotopic (exact) mass is 256 g/mol. The van der Waals surface area contributed by atoms with Gasteiger partial charge < -0.3 is 5.11 Å². The Morgan fingerprint density at radius 3 is 2.28 bits per heavy atom. The lowest BCUT2D eigenvalue weighted by atomic mass is 10.1. The predicted octanol–water partition coefficient (Wildman–Crippen LogP) is 2.84. The van der Waals surface area contributed by atoms with Crippen molar-refractivity contribution in [1.29, 1.82) is 5.26 Å². The van der Waals surface area contributed by atoms with Gasteiger partial charge in [0.1, 0.15) is 6.07 Å². The summed E-state index contributed by atoms with van der Waals surface area (Å²) in [5.74, 6) is 0. The van der Waals surface area contributed by atoms with E-state index in [0.717, 1.165) is 30.5 Å². The smallest absolute Gasteiger partial charge is 0.416 e. The number of nitrogens with one attached hydrogen (secondary N) is 1. The Hall–Kier alpha value is -2.49. The van der Waals surface area contributed by atoms with Gasteiger partial charge in [0.2, 0.25) is 0 Å². The summed E-state index contributed by atoms with van der Waals surface area (Å²) in [7, 11) is 0. The maximum Gasteiger partial charge on any atom is 0.416 e. The highest BCUT2D eigenvalue weighted by atomic mass is 19.4. The molecule has 94 valence electrons. The van der Waals surface area contributed by atoms with Crippen LogP contribution in [0.3, 0.4) is 0 Å². The summed E-state index contributed by atoms with van der Waals surface area (Å²) < 4.78 is 36.9. The van der Waals surface area contributed by atoms with Crippen LogP contribution in [0.1, 0.15) is 11.1 Å². The molecule has 0 unspecified atom stereocenters. The zero-order chi connectivity index (χ0) is 13.8. The average Bonchev–Trinajstić information content (AvgIpc) is 2.29. The molecule has 0 aliphatic heterocycles. The van der Waals surface area contributed by atoms with E-state index in [1.165, 1.54) is 0 Å². The fraction of sp³-hybridized carbons (Fsp3) is 0.0909. The van der Waals surface area contributed by atoms with Gasteiger partial charge in [-0.1, -0.05) is 12.1 Å². The van der Waals surface area contributed by atoms with Crippen LogP contribution >= 0.6 is 0 Å². The Morgan fingerprint density at radius 2 is 1.89 bits per heavy atom. The molecule has 7 heteroatoms. The third-order valence-electron chi connectivity index (χ3n) is 1.98. The lowest BCUT2D eigenvalue weighted by Crippen LogP contribution is -2.13. The first-order valence-corrected chi connectivity index (χ1v) is 4.62. The molecule has 1 aromatic rings. The molecule has 0 spiro atoms. The number of hydrogen-bond donors (Lipinski definition) is 2. The first-order chi connectivity index (χ1) is 8.34. The molecule has 2 N–H and O–H groups in total. The first kappa shape index (κ1) is 13.6. The molecule has 1 amide bonds. The Morgan fingerprint density at radius 1 is 1.33 bits per heavy atom. The van der Waals surface area contributed by atoms with Crippen molar-refractivity contribution in [2.24, 2.45) is 0 Å². The van der Waals surface area contributed by atoms with Crippen LogP contribution in [-0.4, -0.2) is 11.2 Å². The van der Waals surface area contributed by atoms with E-state index in [0.29, 0.717) is 0 Å². The van der Waals surface area contributed by atoms with E-state index in [1.54, 1.807) is 6.07 Å². The standard InChI is InChI=1S/C11H7F3N2O2/c12-11(13,14)9-3-1-7(2-4-9)8(5-15)6-16-10(17)18/h1-4,6,16H,(H,17,18). The van der Waals surface area contributed by atoms with Crippen molar-refractivity contribution < 1.29 is 23.1 Å². The van der Waals surface area contributed by atoms with Crippen LogP contribution in [-0.2, 0) is 6.18 Å². The van der Waals surface area contributed by atoms with E-state index < -0.39 is 17.8 Å². The van der Waals surface area contributed by atoms with E-state index >= 15 is 0 Å². The highest BCUT2D eigenvalue weighted by molar-refractivity contribution is 5.79. The van der Waals surface area contributed by atoms with Gasteiger partial charge in [0.05, 0.1) is 11.1 Å². The third kappa shape index (κ3) is 3.52. The second kappa shape index (κ2) is 5.23. The molecule has 1 aromatic carbocycles. The van der Waals surface area contributed by atoms with Crippen LogP contribution in [0.4, 0.5) is 18.0 Å². The van der Waals surface area contributed by atoms with Gasteiger partial charge in [-0.05, 0) is 17.7 Å². The number of halogens is 3. The summed E-state index contributed by atoms with van der Waals surface area (Å²) in [6.07, 6.45) is -4.91. The topological polar surface area (TPSA) is 73.1 Å². The number of nitrogens with zero attached hydrogens (tertiary/aromatic N) is 1. The highest BCUT2D eigenvalue weighted by Crippen LogP contribution is 2.29. The quantitative estimate of drug-likeness (QED) is 0.799. The van der Waals surface area contributed by atoms with Crippen molar-refractivity contribution in [2.45, 2.75) is 6.18 Å². The molecule has 1 rings (SSSR count). The number of allylic oxidation sites excluding steroid dienone is 1. The average molecular weight is 256 g/mol. The first-order valence-electron chi connectivity index (χ1n) is 4.62. The van der Waals surface area contributed by atoms with Crippen molar-refractivity contribution in [3.63, 3.8) is 0 Å². The predicted molar refractivity (Wildman–Crippen MR) is 56.2 cm³/mol. The molecule has 0 radical (unpaired) electrons. The molecule has 4 nitrogen and oxygen atoms in total. The molecule has 18 heavy (non-hydrogen) atoms. The minimum Gasteiger partial charge on any atom is -0.465 e. The van der Waals surface area contributed by atoms with Crippen molar-refractivity contribution in [3.8, 4) is 6.07 Å². The summed E-state index contributed by atoms with van der Waals surface area (Å²) in [5, 5.41) is 18.9. The second-order valence-electron chi connectivity index (χ2n) is 3.19. The van der Waals surface area contributed by atoms with Crippen LogP contribution in [0.2, 0.25) is 0 Å². The van der Waals surface area contributed by atoms with Gasteiger partial charge in [0, 0.05) is 6.20 Å². The normalized spacial score (nSPS) is 11.8. The number of carboxylic acid groups (broad SMARTS) is 1. The summed E-state index contributed by atoms with van der Waals surface area (Å²) >= 11 is 0. The maximum atomic E-state index is 12.3. The molecule has 0 bridgehead atoms. The molecule has 0 heterocycles. The SMILES string of the molecule is N#CC(=CNC(=O)O)c1ccc(C(F)(F)F)cc1. The van der Waals surface area contributed by atoms with Gasteiger partial charge in [0.15, 0.2) is 0 Å². The number of alkyl halides is 3. The Balaban J connectivity index is 3.00. The minimum atomic E-state index is -4.45. The van der Waals surface area contributed by atoms with Gasteiger partial charge in [-0.25, -0.2) is 4.79 Å². The number of carbonyl (C=O) groups is 1. The van der Waals surface area contributed by atoms with Gasteiger partial charge in [-0.15, -0.1) is 0 Å². The van der Waals surface area contributed by atoms with Crippen LogP contribution in [0.5, 0.6) is 0 Å². The van der Waals surface area contributed by atoms with E-state index in [4.69, 9.17) is 10.4 Å². The van der Waals surface area contributed by atoms with Gasteiger partial charge in [-0.2, -0.15) is 18.4 Å². The van der Waals surface area contributed by atoms with Crippen molar-refractivity contribution in [1.82, 2.24) is 5.32 Å². The van der Waals surface area contributed by atoms with Gasteiger partial charge >= 0.3 is 12.3 Å². The van der Waals surface area contributed by atoms with Crippen molar-refractivity contribution in [2.75, 3.05) is 0 Å². The number of nitriles is 1. The summed E-state index contributed by atoms with van der Waals surface area (Å²) in [4.78, 5) is 10.2. The molecular formula is C11H7F3N2O2. The zero-order valence-corrected chi connectivity index (χ0v) is 8.82. The van der Waals surface area contributed by atoms with E-state index in [1.807, 2.05) is 5.32 Å². The zero-order valence-electron chi connectivity index (χ0n) is 8.82. The molecule has 0 saturated heterocycles. The number of rotatable bonds is 2. The van der Waals surface area contributed by atoms with Crippen LogP contribution in [0, 0.1) is 11.3 Å². The van der Waals surface area contributed by atoms with Gasteiger partial charge in [0.25, 0.3) is 0 Å². The lowest BCUT2D eigenvalue weighted by Gasteiger charge is -2.07. The molecule has 0 aliphatic carbocycles. The molecule has 0 aliphatic rings. The Bertz CT molecular complexity index is 513. The molecule has 0 saturated carbocycles. The van der Waals surface area contributed by atoms with E-state index in [9.17, 15) is 18.0 Å². The van der Waals surface area contributed by atoms with Crippen LogP contribution in [0.15, 0.2) is 30.5 Å². The summed E-state index contributed by atoms with van der Waals surface area (Å²) in [6, 6.07) is 5.52. The van der Waals surface area contributed by atoms with E-state index in [-0.39, 0.29) is 11.1 Å². The molecule has 0 aromatic heterocycles. The molecule has 0 fully saturated rings. The third-order valence-corrected chi connectivity index (χ3v) is 1.98.